The van der Waals surface area contributed by atoms with Crippen molar-refractivity contribution in [1.29, 1.82) is 0 Å². The molecule has 3 atom stereocenters. The number of rotatable bonds is 4. The maximum atomic E-state index is 15.3. The second-order valence-electron chi connectivity index (χ2n) is 7.26. The SMILES string of the molecule is Cc1ccc(C(F)c2cc(C(=O)N[C@@H]3CCCC[C@H]3O)nc3ccsc23)cn1. The monoisotopic (exact) mass is 399 g/mol. The summed E-state index contributed by atoms with van der Waals surface area (Å²) in [6.07, 6.45) is 2.93. The summed E-state index contributed by atoms with van der Waals surface area (Å²) in [5.74, 6) is -0.380. The standard InChI is InChI=1S/C21H22FN3O2S/c1-12-6-7-13(11-23-12)19(22)14-10-17(24-16-8-9-28-20(14)16)21(27)25-15-4-2-3-5-18(15)26/h6-11,15,18-19,26H,2-5H2,1H3,(H,25,27)/t15-,18-,19?/m1/s1. The van der Waals surface area contributed by atoms with Crippen molar-refractivity contribution in [3.8, 4) is 0 Å². The first-order valence-corrected chi connectivity index (χ1v) is 10.3. The van der Waals surface area contributed by atoms with Crippen LogP contribution in [0.5, 0.6) is 0 Å². The molecule has 0 spiro atoms. The van der Waals surface area contributed by atoms with Gasteiger partial charge in [-0.05, 0) is 43.3 Å². The predicted octanol–water partition coefficient (Wildman–Crippen LogP) is 4.09. The van der Waals surface area contributed by atoms with Crippen molar-refractivity contribution in [2.24, 2.45) is 0 Å². The Morgan fingerprint density at radius 1 is 1.32 bits per heavy atom. The molecule has 0 saturated heterocycles. The summed E-state index contributed by atoms with van der Waals surface area (Å²) in [6.45, 7) is 1.85. The number of hydrogen-bond acceptors (Lipinski definition) is 5. The summed E-state index contributed by atoms with van der Waals surface area (Å²) in [5.41, 5.74) is 2.44. The molecule has 146 valence electrons. The molecule has 7 heteroatoms. The molecule has 0 bridgehead atoms. The minimum Gasteiger partial charge on any atom is -0.391 e. The number of aryl methyl sites for hydroxylation is 1. The van der Waals surface area contributed by atoms with Gasteiger partial charge in [0.25, 0.3) is 5.91 Å². The zero-order chi connectivity index (χ0) is 19.7. The summed E-state index contributed by atoms with van der Waals surface area (Å²) in [4.78, 5) is 21.4. The molecule has 3 aromatic heterocycles. The molecule has 3 heterocycles. The minimum atomic E-state index is -1.40. The quantitative estimate of drug-likeness (QED) is 0.693. The second-order valence-corrected chi connectivity index (χ2v) is 8.18. The smallest absolute Gasteiger partial charge is 0.270 e. The van der Waals surface area contributed by atoms with Gasteiger partial charge in [0, 0.05) is 23.0 Å². The van der Waals surface area contributed by atoms with Crippen LogP contribution in [0.4, 0.5) is 4.39 Å². The van der Waals surface area contributed by atoms with Crippen LogP contribution < -0.4 is 5.32 Å². The molecule has 1 saturated carbocycles. The van der Waals surface area contributed by atoms with Crippen molar-refractivity contribution in [2.75, 3.05) is 0 Å². The number of carbonyl (C=O) groups is 1. The third-order valence-electron chi connectivity index (χ3n) is 5.22. The topological polar surface area (TPSA) is 75.1 Å². The van der Waals surface area contributed by atoms with E-state index in [0.717, 1.165) is 29.7 Å². The summed E-state index contributed by atoms with van der Waals surface area (Å²) < 4.78 is 16.1. The van der Waals surface area contributed by atoms with Gasteiger partial charge < -0.3 is 10.4 Å². The first kappa shape index (κ1) is 19.0. The van der Waals surface area contributed by atoms with Crippen molar-refractivity contribution in [3.63, 3.8) is 0 Å². The summed E-state index contributed by atoms with van der Waals surface area (Å²) >= 11 is 1.40. The fourth-order valence-electron chi connectivity index (χ4n) is 3.62. The first-order valence-electron chi connectivity index (χ1n) is 9.46. The second kappa shape index (κ2) is 7.93. The number of thiophene rings is 1. The van der Waals surface area contributed by atoms with E-state index in [1.165, 1.54) is 23.6 Å². The van der Waals surface area contributed by atoms with Crippen LogP contribution >= 0.6 is 11.3 Å². The fraction of sp³-hybridized carbons (Fsp3) is 0.381. The molecule has 1 unspecified atom stereocenters. The average molecular weight is 399 g/mol. The Labute approximate surface area is 166 Å². The summed E-state index contributed by atoms with van der Waals surface area (Å²) in [7, 11) is 0. The zero-order valence-electron chi connectivity index (χ0n) is 15.6. The number of fused-ring (bicyclic) bond motifs is 1. The molecule has 1 aliphatic carbocycles. The Morgan fingerprint density at radius 3 is 2.89 bits per heavy atom. The van der Waals surface area contributed by atoms with E-state index in [-0.39, 0.29) is 17.6 Å². The average Bonchev–Trinajstić information content (AvgIpc) is 3.17. The van der Waals surface area contributed by atoms with Crippen LogP contribution in [-0.2, 0) is 0 Å². The van der Waals surface area contributed by atoms with Gasteiger partial charge in [0.1, 0.15) is 5.69 Å². The Hall–Kier alpha value is -2.38. The number of nitrogens with one attached hydrogen (secondary N) is 1. The van der Waals surface area contributed by atoms with Crippen LogP contribution in [0.2, 0.25) is 0 Å². The maximum absolute atomic E-state index is 15.3. The molecule has 28 heavy (non-hydrogen) atoms. The number of aromatic nitrogens is 2. The van der Waals surface area contributed by atoms with Crippen molar-refractivity contribution in [3.05, 3.63) is 58.4 Å². The molecule has 0 aromatic carbocycles. The molecule has 1 aliphatic rings. The number of aliphatic hydroxyl groups excluding tert-OH is 1. The molecular formula is C21H22FN3O2S. The van der Waals surface area contributed by atoms with E-state index >= 15 is 4.39 Å². The van der Waals surface area contributed by atoms with Crippen molar-refractivity contribution in [1.82, 2.24) is 15.3 Å². The van der Waals surface area contributed by atoms with E-state index in [0.29, 0.717) is 23.1 Å². The van der Waals surface area contributed by atoms with Crippen LogP contribution in [0.1, 0.15) is 59.2 Å². The lowest BCUT2D eigenvalue weighted by Crippen LogP contribution is -2.45. The van der Waals surface area contributed by atoms with Crippen LogP contribution in [0.15, 0.2) is 35.8 Å². The Balaban J connectivity index is 1.66. The van der Waals surface area contributed by atoms with Crippen molar-refractivity contribution >= 4 is 27.5 Å². The van der Waals surface area contributed by atoms with E-state index in [2.05, 4.69) is 15.3 Å². The summed E-state index contributed by atoms with van der Waals surface area (Å²) in [6, 6.07) is 6.51. The van der Waals surface area contributed by atoms with Crippen LogP contribution in [-0.4, -0.2) is 33.1 Å². The van der Waals surface area contributed by atoms with Crippen LogP contribution in [0, 0.1) is 6.92 Å². The fourth-order valence-corrected chi connectivity index (χ4v) is 4.48. The number of halogens is 1. The Bertz CT molecular complexity index is 989. The van der Waals surface area contributed by atoms with Crippen LogP contribution in [0.3, 0.4) is 0 Å². The lowest BCUT2D eigenvalue weighted by molar-refractivity contribution is 0.0714. The molecule has 0 radical (unpaired) electrons. The number of pyridine rings is 2. The van der Waals surface area contributed by atoms with E-state index in [4.69, 9.17) is 0 Å². The third kappa shape index (κ3) is 3.77. The van der Waals surface area contributed by atoms with Gasteiger partial charge in [0.15, 0.2) is 6.17 Å². The summed E-state index contributed by atoms with van der Waals surface area (Å²) in [5, 5.41) is 14.8. The number of aliphatic hydroxyl groups is 1. The highest BCUT2D eigenvalue weighted by Crippen LogP contribution is 2.34. The third-order valence-corrected chi connectivity index (χ3v) is 6.17. The van der Waals surface area contributed by atoms with Crippen molar-refractivity contribution in [2.45, 2.75) is 50.9 Å². The molecule has 1 amide bonds. The number of hydrogen-bond donors (Lipinski definition) is 2. The Kier molecular flexibility index (Phi) is 5.37. The molecule has 3 aromatic rings. The molecule has 4 rings (SSSR count). The number of carbonyl (C=O) groups excluding carboxylic acids is 1. The molecular weight excluding hydrogens is 377 g/mol. The lowest BCUT2D eigenvalue weighted by atomic mass is 9.92. The maximum Gasteiger partial charge on any atom is 0.270 e. The van der Waals surface area contributed by atoms with Crippen molar-refractivity contribution < 1.29 is 14.3 Å². The minimum absolute atomic E-state index is 0.168. The highest BCUT2D eigenvalue weighted by Gasteiger charge is 2.26. The van der Waals surface area contributed by atoms with Gasteiger partial charge in [-0.25, -0.2) is 9.37 Å². The predicted molar refractivity (Wildman–Crippen MR) is 107 cm³/mol. The Morgan fingerprint density at radius 2 is 2.14 bits per heavy atom. The van der Waals surface area contributed by atoms with Gasteiger partial charge in [-0.1, -0.05) is 18.9 Å². The molecule has 0 aliphatic heterocycles. The van der Waals surface area contributed by atoms with Crippen LogP contribution in [0.25, 0.3) is 10.2 Å². The van der Waals surface area contributed by atoms with Gasteiger partial charge in [-0.15, -0.1) is 11.3 Å². The molecule has 5 nitrogen and oxygen atoms in total. The van der Waals surface area contributed by atoms with Gasteiger partial charge >= 0.3 is 0 Å². The normalized spacial score (nSPS) is 20.8. The van der Waals surface area contributed by atoms with Gasteiger partial charge in [0.05, 0.1) is 22.4 Å². The largest absolute Gasteiger partial charge is 0.391 e. The van der Waals surface area contributed by atoms with Gasteiger partial charge in [-0.2, -0.15) is 0 Å². The lowest BCUT2D eigenvalue weighted by Gasteiger charge is -2.28. The van der Waals surface area contributed by atoms with Gasteiger partial charge in [-0.3, -0.25) is 9.78 Å². The number of nitrogens with zero attached hydrogens (tertiary/aromatic N) is 2. The number of amides is 1. The van der Waals surface area contributed by atoms with E-state index in [1.54, 1.807) is 18.2 Å². The van der Waals surface area contributed by atoms with E-state index in [1.807, 2.05) is 12.3 Å². The number of alkyl halides is 1. The van der Waals surface area contributed by atoms with E-state index in [9.17, 15) is 9.90 Å². The highest BCUT2D eigenvalue weighted by atomic mass is 32.1. The first-order chi connectivity index (χ1) is 13.5. The zero-order valence-corrected chi connectivity index (χ0v) is 16.4. The van der Waals surface area contributed by atoms with Gasteiger partial charge in [0.2, 0.25) is 0 Å². The van der Waals surface area contributed by atoms with E-state index < -0.39 is 12.3 Å². The molecule has 1 fully saturated rings. The highest BCUT2D eigenvalue weighted by molar-refractivity contribution is 7.17. The molecule has 2 N–H and O–H groups in total.